The molecule has 1 fully saturated rings. The first-order chi connectivity index (χ1) is 8.15. The van der Waals surface area contributed by atoms with Crippen LogP contribution in [0.4, 0.5) is 8.78 Å². The van der Waals surface area contributed by atoms with Crippen molar-refractivity contribution in [1.82, 2.24) is 4.90 Å². The molecule has 0 spiro atoms. The minimum absolute atomic E-state index is 0.283. The number of rotatable bonds is 2. The largest absolute Gasteiger partial charge is 0.374 e. The van der Waals surface area contributed by atoms with Crippen molar-refractivity contribution in [3.8, 4) is 0 Å². The second kappa shape index (κ2) is 5.08. The van der Waals surface area contributed by atoms with E-state index >= 15 is 0 Å². The van der Waals surface area contributed by atoms with Gasteiger partial charge < -0.3 is 10.5 Å². The van der Waals surface area contributed by atoms with Gasteiger partial charge in [-0.1, -0.05) is 12.1 Å². The van der Waals surface area contributed by atoms with Gasteiger partial charge in [0.05, 0.1) is 18.8 Å². The smallest absolute Gasteiger partial charge is 0.163 e. The van der Waals surface area contributed by atoms with E-state index in [1.807, 2.05) is 11.9 Å². The fourth-order valence-electron chi connectivity index (χ4n) is 2.25. The van der Waals surface area contributed by atoms with Crippen molar-refractivity contribution in [3.05, 3.63) is 35.4 Å². The van der Waals surface area contributed by atoms with Crippen molar-refractivity contribution >= 4 is 0 Å². The molecule has 1 aromatic rings. The van der Waals surface area contributed by atoms with Crippen LogP contribution in [0.3, 0.4) is 0 Å². The highest BCUT2D eigenvalue weighted by Crippen LogP contribution is 2.30. The fourth-order valence-corrected chi connectivity index (χ4v) is 2.25. The summed E-state index contributed by atoms with van der Waals surface area (Å²) in [6, 6.07) is 3.87. The monoisotopic (exact) mass is 242 g/mol. The molecule has 94 valence electrons. The zero-order valence-electron chi connectivity index (χ0n) is 9.70. The summed E-state index contributed by atoms with van der Waals surface area (Å²) in [5.41, 5.74) is 5.92. The Labute approximate surface area is 99.2 Å². The molecule has 1 aromatic carbocycles. The summed E-state index contributed by atoms with van der Waals surface area (Å²) in [4.78, 5) is 1.94. The molecule has 1 saturated heterocycles. The van der Waals surface area contributed by atoms with Crippen molar-refractivity contribution in [3.63, 3.8) is 0 Å². The number of hydrogen-bond acceptors (Lipinski definition) is 3. The zero-order chi connectivity index (χ0) is 12.4. The van der Waals surface area contributed by atoms with Gasteiger partial charge in [0, 0.05) is 18.7 Å². The van der Waals surface area contributed by atoms with Gasteiger partial charge in [0.15, 0.2) is 11.6 Å². The third kappa shape index (κ3) is 2.31. The Morgan fingerprint density at radius 1 is 1.47 bits per heavy atom. The highest BCUT2D eigenvalue weighted by molar-refractivity contribution is 5.24. The Bertz CT molecular complexity index is 400. The van der Waals surface area contributed by atoms with Gasteiger partial charge in [-0.25, -0.2) is 8.78 Å². The molecule has 0 radical (unpaired) electrons. The van der Waals surface area contributed by atoms with E-state index in [4.69, 9.17) is 10.5 Å². The molecule has 0 aliphatic carbocycles. The summed E-state index contributed by atoms with van der Waals surface area (Å²) in [6.07, 6.45) is -0.301. The van der Waals surface area contributed by atoms with Crippen LogP contribution < -0.4 is 5.73 Å². The van der Waals surface area contributed by atoms with Crippen LogP contribution in [-0.4, -0.2) is 37.7 Å². The maximum absolute atomic E-state index is 13.8. The highest BCUT2D eigenvalue weighted by atomic mass is 19.2. The number of morpholine rings is 1. The van der Waals surface area contributed by atoms with E-state index in [2.05, 4.69) is 0 Å². The lowest BCUT2D eigenvalue weighted by Gasteiger charge is -2.39. The Balaban J connectivity index is 2.38. The molecule has 1 aliphatic rings. The minimum Gasteiger partial charge on any atom is -0.374 e. The molecule has 2 rings (SSSR count). The van der Waals surface area contributed by atoms with Crippen LogP contribution in [0.2, 0.25) is 0 Å². The van der Waals surface area contributed by atoms with E-state index in [9.17, 15) is 8.78 Å². The number of benzene rings is 1. The van der Waals surface area contributed by atoms with Gasteiger partial charge in [0.2, 0.25) is 0 Å². The van der Waals surface area contributed by atoms with Crippen LogP contribution in [0.15, 0.2) is 18.2 Å². The Hall–Kier alpha value is -1.04. The highest BCUT2D eigenvalue weighted by Gasteiger charge is 2.32. The summed E-state index contributed by atoms with van der Waals surface area (Å²) < 4.78 is 32.5. The molecule has 2 N–H and O–H groups in total. The van der Waals surface area contributed by atoms with Crippen LogP contribution in [0.5, 0.6) is 0 Å². The fraction of sp³-hybridized carbons (Fsp3) is 0.500. The number of nitrogens with zero attached hydrogens (tertiary/aromatic N) is 1. The SMILES string of the molecule is CN1CCOC(CN)C1c1cccc(F)c1F. The molecule has 17 heavy (non-hydrogen) atoms. The Morgan fingerprint density at radius 3 is 2.94 bits per heavy atom. The Morgan fingerprint density at radius 2 is 2.24 bits per heavy atom. The van der Waals surface area contributed by atoms with E-state index in [1.165, 1.54) is 6.07 Å². The molecule has 0 saturated carbocycles. The van der Waals surface area contributed by atoms with Crippen molar-refractivity contribution in [2.75, 3.05) is 26.7 Å². The number of nitrogens with two attached hydrogens (primary N) is 1. The zero-order valence-corrected chi connectivity index (χ0v) is 9.70. The average Bonchev–Trinajstić information content (AvgIpc) is 2.33. The second-order valence-corrected chi connectivity index (χ2v) is 4.21. The van der Waals surface area contributed by atoms with Crippen LogP contribution in [-0.2, 0) is 4.74 Å². The number of likely N-dealkylation sites (N-methyl/N-ethyl adjacent to an activating group) is 1. The number of ether oxygens (including phenoxy) is 1. The molecule has 5 heteroatoms. The van der Waals surface area contributed by atoms with Gasteiger partial charge in [0.1, 0.15) is 0 Å². The maximum Gasteiger partial charge on any atom is 0.163 e. The quantitative estimate of drug-likeness (QED) is 0.849. The summed E-state index contributed by atoms with van der Waals surface area (Å²) in [7, 11) is 1.86. The topological polar surface area (TPSA) is 38.5 Å². The van der Waals surface area contributed by atoms with E-state index in [1.54, 1.807) is 6.07 Å². The van der Waals surface area contributed by atoms with E-state index in [0.717, 1.165) is 6.07 Å². The molecule has 2 unspecified atom stereocenters. The predicted molar refractivity (Wildman–Crippen MR) is 60.5 cm³/mol. The molecular formula is C12H16F2N2O. The molecule has 0 bridgehead atoms. The van der Waals surface area contributed by atoms with E-state index in [-0.39, 0.29) is 18.7 Å². The first-order valence-electron chi connectivity index (χ1n) is 5.61. The predicted octanol–water partition coefficient (Wildman–Crippen LogP) is 1.30. The number of hydrogen-bond donors (Lipinski definition) is 1. The van der Waals surface area contributed by atoms with E-state index < -0.39 is 11.6 Å². The van der Waals surface area contributed by atoms with Gasteiger partial charge in [-0.05, 0) is 13.1 Å². The van der Waals surface area contributed by atoms with Gasteiger partial charge in [-0.2, -0.15) is 0 Å². The van der Waals surface area contributed by atoms with Gasteiger partial charge in [-0.3, -0.25) is 4.90 Å². The van der Waals surface area contributed by atoms with Crippen molar-refractivity contribution in [2.45, 2.75) is 12.1 Å². The first kappa shape index (κ1) is 12.4. The maximum atomic E-state index is 13.8. The lowest BCUT2D eigenvalue weighted by atomic mass is 9.98. The summed E-state index contributed by atoms with van der Waals surface area (Å²) in [5, 5.41) is 0. The standard InChI is InChI=1S/C12H16F2N2O/c1-16-5-6-17-10(7-15)12(16)8-3-2-4-9(13)11(8)14/h2-4,10,12H,5-7,15H2,1H3. The molecule has 3 nitrogen and oxygen atoms in total. The molecule has 2 atom stereocenters. The summed E-state index contributed by atoms with van der Waals surface area (Å²) >= 11 is 0. The van der Waals surface area contributed by atoms with E-state index in [0.29, 0.717) is 18.7 Å². The molecule has 1 heterocycles. The normalized spacial score (nSPS) is 26.1. The van der Waals surface area contributed by atoms with Gasteiger partial charge in [-0.15, -0.1) is 0 Å². The van der Waals surface area contributed by atoms with Gasteiger partial charge in [0.25, 0.3) is 0 Å². The lowest BCUT2D eigenvalue weighted by Crippen LogP contribution is -2.46. The minimum atomic E-state index is -0.836. The van der Waals surface area contributed by atoms with Gasteiger partial charge >= 0.3 is 0 Å². The van der Waals surface area contributed by atoms with Crippen LogP contribution >= 0.6 is 0 Å². The van der Waals surface area contributed by atoms with Crippen molar-refractivity contribution in [2.24, 2.45) is 5.73 Å². The van der Waals surface area contributed by atoms with Crippen LogP contribution in [0.1, 0.15) is 11.6 Å². The molecule has 1 aliphatic heterocycles. The van der Waals surface area contributed by atoms with Crippen molar-refractivity contribution < 1.29 is 13.5 Å². The second-order valence-electron chi connectivity index (χ2n) is 4.21. The molecule has 0 aromatic heterocycles. The third-order valence-corrected chi connectivity index (χ3v) is 3.14. The third-order valence-electron chi connectivity index (χ3n) is 3.14. The average molecular weight is 242 g/mol. The number of halogens is 2. The Kier molecular flexibility index (Phi) is 3.71. The first-order valence-corrected chi connectivity index (χ1v) is 5.61. The summed E-state index contributed by atoms with van der Waals surface area (Å²) in [6.45, 7) is 1.52. The molecular weight excluding hydrogens is 226 g/mol. The summed E-state index contributed by atoms with van der Waals surface area (Å²) in [5.74, 6) is -1.65. The lowest BCUT2D eigenvalue weighted by molar-refractivity contribution is -0.0588. The van der Waals surface area contributed by atoms with Crippen LogP contribution in [0, 0.1) is 11.6 Å². The molecule has 0 amide bonds. The van der Waals surface area contributed by atoms with Crippen molar-refractivity contribution in [1.29, 1.82) is 0 Å². The van der Waals surface area contributed by atoms with Crippen LogP contribution in [0.25, 0.3) is 0 Å².